The number of hydrogen-bond acceptors (Lipinski definition) is 1. The molecule has 4 heteroatoms. The third kappa shape index (κ3) is 3.66. The van der Waals surface area contributed by atoms with Gasteiger partial charge in [-0.15, -0.1) is 11.6 Å². The molecule has 0 saturated carbocycles. The van der Waals surface area contributed by atoms with Gasteiger partial charge in [0.15, 0.2) is 0 Å². The van der Waals surface area contributed by atoms with Gasteiger partial charge in [-0.25, -0.2) is 0 Å². The Bertz CT molecular complexity index is 653. The zero-order chi connectivity index (χ0) is 15.6. The first-order valence-corrected chi connectivity index (χ1v) is 7.96. The maximum absolute atomic E-state index is 6.58. The van der Waals surface area contributed by atoms with Gasteiger partial charge in [0.05, 0.1) is 17.0 Å². The minimum absolute atomic E-state index is 0.343. The van der Waals surface area contributed by atoms with Gasteiger partial charge in [0, 0.05) is 11.1 Å². The van der Waals surface area contributed by atoms with Gasteiger partial charge >= 0.3 is 0 Å². The lowest BCUT2D eigenvalue weighted by Gasteiger charge is -2.16. The molecule has 2 aromatic rings. The molecule has 1 nitrogen and oxygen atoms in total. The van der Waals surface area contributed by atoms with Crippen LogP contribution in [0, 0.1) is 13.8 Å². The summed E-state index contributed by atoms with van der Waals surface area (Å²) < 4.78 is 5.43. The molecule has 0 spiro atoms. The molecule has 0 N–H and O–H groups in total. The summed E-state index contributed by atoms with van der Waals surface area (Å²) in [6.45, 7) is 6.58. The van der Waals surface area contributed by atoms with Crippen molar-refractivity contribution in [3.05, 3.63) is 62.6 Å². The van der Waals surface area contributed by atoms with E-state index in [1.165, 1.54) is 11.1 Å². The number of rotatable bonds is 4. The van der Waals surface area contributed by atoms with Crippen molar-refractivity contribution >= 4 is 34.8 Å². The Balaban J connectivity index is 2.40. The van der Waals surface area contributed by atoms with E-state index < -0.39 is 0 Å². The van der Waals surface area contributed by atoms with Crippen LogP contribution in [0.1, 0.15) is 34.6 Å². The molecule has 0 saturated heterocycles. The van der Waals surface area contributed by atoms with E-state index in [1.807, 2.05) is 13.0 Å². The topological polar surface area (TPSA) is 9.23 Å². The summed E-state index contributed by atoms with van der Waals surface area (Å²) in [4.78, 5) is 0. The van der Waals surface area contributed by atoms with Crippen LogP contribution in [-0.2, 0) is 0 Å². The molecular formula is C17H17Cl3O. The zero-order valence-electron chi connectivity index (χ0n) is 12.2. The number of alkyl halides is 1. The predicted octanol–water partition coefficient (Wildman–Crippen LogP) is 6.34. The lowest BCUT2D eigenvalue weighted by atomic mass is 10.00. The number of hydrogen-bond donors (Lipinski definition) is 0. The minimum Gasteiger partial charge on any atom is -0.492 e. The highest BCUT2D eigenvalue weighted by atomic mass is 35.5. The smallest absolute Gasteiger partial charge is 0.139 e. The van der Waals surface area contributed by atoms with Crippen molar-refractivity contribution in [1.82, 2.24) is 0 Å². The van der Waals surface area contributed by atoms with Crippen LogP contribution in [0.3, 0.4) is 0 Å². The molecule has 0 amide bonds. The Morgan fingerprint density at radius 3 is 2.33 bits per heavy atom. The van der Waals surface area contributed by atoms with E-state index in [0.29, 0.717) is 22.4 Å². The average Bonchev–Trinajstić information content (AvgIpc) is 2.45. The quantitative estimate of drug-likeness (QED) is 0.589. The first-order valence-electron chi connectivity index (χ1n) is 6.77. The fourth-order valence-corrected chi connectivity index (χ4v) is 2.97. The fraction of sp³-hybridized carbons (Fsp3) is 0.294. The van der Waals surface area contributed by atoms with Crippen molar-refractivity contribution < 1.29 is 4.74 Å². The number of halogens is 3. The monoisotopic (exact) mass is 342 g/mol. The molecule has 1 atom stereocenters. The Morgan fingerprint density at radius 2 is 1.71 bits per heavy atom. The second-order valence-electron chi connectivity index (χ2n) is 4.94. The highest BCUT2D eigenvalue weighted by molar-refractivity contribution is 6.36. The summed E-state index contributed by atoms with van der Waals surface area (Å²) in [7, 11) is 0. The number of aryl methyl sites for hydroxylation is 2. The van der Waals surface area contributed by atoms with Crippen molar-refractivity contribution in [1.29, 1.82) is 0 Å². The minimum atomic E-state index is -0.343. The van der Waals surface area contributed by atoms with Gasteiger partial charge in [-0.1, -0.05) is 41.4 Å². The van der Waals surface area contributed by atoms with E-state index in [-0.39, 0.29) is 5.38 Å². The van der Waals surface area contributed by atoms with Crippen LogP contribution < -0.4 is 4.74 Å². The molecule has 0 fully saturated rings. The Kier molecular flexibility index (Phi) is 5.43. The highest BCUT2D eigenvalue weighted by Gasteiger charge is 2.17. The van der Waals surface area contributed by atoms with E-state index in [4.69, 9.17) is 39.5 Å². The lowest BCUT2D eigenvalue weighted by molar-refractivity contribution is 0.340. The molecule has 1 unspecified atom stereocenters. The normalized spacial score (nSPS) is 12.3. The van der Waals surface area contributed by atoms with Crippen LogP contribution in [0.4, 0.5) is 0 Å². The van der Waals surface area contributed by atoms with Crippen molar-refractivity contribution in [2.75, 3.05) is 6.61 Å². The third-order valence-electron chi connectivity index (χ3n) is 3.45. The summed E-state index contributed by atoms with van der Waals surface area (Å²) >= 11 is 19.1. The third-order valence-corrected chi connectivity index (χ3v) is 4.56. The van der Waals surface area contributed by atoms with Gasteiger partial charge in [-0.3, -0.25) is 0 Å². The van der Waals surface area contributed by atoms with Gasteiger partial charge in [-0.05, 0) is 49.1 Å². The molecule has 0 heterocycles. The molecule has 0 aliphatic rings. The van der Waals surface area contributed by atoms with E-state index in [2.05, 4.69) is 26.0 Å². The van der Waals surface area contributed by atoms with Crippen molar-refractivity contribution in [2.45, 2.75) is 26.1 Å². The van der Waals surface area contributed by atoms with E-state index in [0.717, 1.165) is 11.1 Å². The van der Waals surface area contributed by atoms with Crippen LogP contribution >= 0.6 is 34.8 Å². The average molecular weight is 344 g/mol. The van der Waals surface area contributed by atoms with Crippen LogP contribution in [0.5, 0.6) is 5.75 Å². The first-order chi connectivity index (χ1) is 9.93. The van der Waals surface area contributed by atoms with Gasteiger partial charge in [0.2, 0.25) is 0 Å². The molecular weight excluding hydrogens is 327 g/mol. The molecule has 0 bridgehead atoms. The van der Waals surface area contributed by atoms with Crippen LogP contribution in [-0.4, -0.2) is 6.61 Å². The first kappa shape index (κ1) is 16.5. The van der Waals surface area contributed by atoms with Crippen LogP contribution in [0.2, 0.25) is 10.0 Å². The number of benzene rings is 2. The van der Waals surface area contributed by atoms with Gasteiger partial charge in [0.1, 0.15) is 5.75 Å². The fourth-order valence-electron chi connectivity index (χ4n) is 2.11. The maximum atomic E-state index is 6.58. The van der Waals surface area contributed by atoms with E-state index >= 15 is 0 Å². The second-order valence-corrected chi connectivity index (χ2v) is 6.19. The van der Waals surface area contributed by atoms with Crippen LogP contribution in [0.25, 0.3) is 0 Å². The molecule has 0 aliphatic carbocycles. The molecule has 0 aromatic heterocycles. The lowest BCUT2D eigenvalue weighted by Crippen LogP contribution is -1.98. The number of ether oxygens (including phenoxy) is 1. The Morgan fingerprint density at radius 1 is 1.00 bits per heavy atom. The van der Waals surface area contributed by atoms with E-state index in [9.17, 15) is 0 Å². The summed E-state index contributed by atoms with van der Waals surface area (Å²) in [5.74, 6) is 0.580. The maximum Gasteiger partial charge on any atom is 0.139 e. The van der Waals surface area contributed by atoms with Crippen molar-refractivity contribution in [3.8, 4) is 5.75 Å². The molecule has 2 rings (SSSR count). The van der Waals surface area contributed by atoms with E-state index in [1.54, 1.807) is 12.1 Å². The summed E-state index contributed by atoms with van der Waals surface area (Å²) in [6.07, 6.45) is 0. The SMILES string of the molecule is CCOc1cc(Cl)c(C(Cl)c2ccc(C)c(C)c2)cc1Cl. The Hall–Kier alpha value is -0.890. The molecule has 112 valence electrons. The summed E-state index contributed by atoms with van der Waals surface area (Å²) in [5.41, 5.74) is 4.22. The zero-order valence-corrected chi connectivity index (χ0v) is 14.5. The standard InChI is InChI=1S/C17H17Cl3O/c1-4-21-16-9-14(18)13(8-15(16)19)17(20)12-6-5-10(2)11(3)7-12/h5-9,17H,4H2,1-3H3. The summed E-state index contributed by atoms with van der Waals surface area (Å²) in [5, 5.41) is 0.733. The largest absolute Gasteiger partial charge is 0.492 e. The van der Waals surface area contributed by atoms with Gasteiger partial charge in [0.25, 0.3) is 0 Å². The molecule has 0 radical (unpaired) electrons. The molecule has 2 aromatic carbocycles. The van der Waals surface area contributed by atoms with Crippen molar-refractivity contribution in [3.63, 3.8) is 0 Å². The molecule has 21 heavy (non-hydrogen) atoms. The predicted molar refractivity (Wildman–Crippen MR) is 91.2 cm³/mol. The molecule has 0 aliphatic heterocycles. The van der Waals surface area contributed by atoms with Crippen molar-refractivity contribution in [2.24, 2.45) is 0 Å². The highest BCUT2D eigenvalue weighted by Crippen LogP contribution is 2.39. The van der Waals surface area contributed by atoms with Gasteiger partial charge in [-0.2, -0.15) is 0 Å². The van der Waals surface area contributed by atoms with Gasteiger partial charge < -0.3 is 4.74 Å². The second kappa shape index (κ2) is 6.91. The Labute approximate surface area is 140 Å². The summed E-state index contributed by atoms with van der Waals surface area (Å²) in [6, 6.07) is 9.65. The van der Waals surface area contributed by atoms with Crippen LogP contribution in [0.15, 0.2) is 30.3 Å².